The lowest BCUT2D eigenvalue weighted by molar-refractivity contribution is 0.212. The molecule has 34 heavy (non-hydrogen) atoms. The molecule has 2 aromatic heterocycles. The molecule has 1 aliphatic rings. The number of rotatable bonds is 4. The molecule has 0 spiro atoms. The van der Waals surface area contributed by atoms with Crippen LogP contribution in [0.2, 0.25) is 10.0 Å². The fraction of sp³-hybridized carbons (Fsp3) is 0.179. The van der Waals surface area contributed by atoms with Crippen LogP contribution >= 0.6 is 23.2 Å². The average molecular weight is 487 g/mol. The monoisotopic (exact) mass is 486 g/mol. The van der Waals surface area contributed by atoms with Crippen molar-refractivity contribution in [2.75, 3.05) is 31.1 Å². The fourth-order valence-electron chi connectivity index (χ4n) is 5.08. The molecule has 0 amide bonds. The third kappa shape index (κ3) is 3.92. The molecule has 3 aromatic carbocycles. The molecule has 5 aromatic rings. The Labute approximate surface area is 209 Å². The van der Waals surface area contributed by atoms with Gasteiger partial charge in [-0.1, -0.05) is 65.7 Å². The highest BCUT2D eigenvalue weighted by Gasteiger charge is 2.27. The first-order valence-electron chi connectivity index (χ1n) is 11.5. The zero-order valence-electron chi connectivity index (χ0n) is 18.6. The molecule has 1 saturated heterocycles. The van der Waals surface area contributed by atoms with Gasteiger partial charge in [0.05, 0.1) is 28.8 Å². The molecule has 0 saturated carbocycles. The summed E-state index contributed by atoms with van der Waals surface area (Å²) in [5, 5.41) is 1.47. The number of halogens is 2. The maximum atomic E-state index is 6.22. The highest BCUT2D eigenvalue weighted by atomic mass is 35.5. The lowest BCUT2D eigenvalue weighted by Crippen LogP contribution is -2.48. The van der Waals surface area contributed by atoms with Crippen molar-refractivity contribution in [2.24, 2.45) is 0 Å². The summed E-state index contributed by atoms with van der Waals surface area (Å²) in [4.78, 5) is 9.64. The molecular weight excluding hydrogens is 463 g/mol. The first-order valence-corrected chi connectivity index (χ1v) is 12.3. The molecule has 1 fully saturated rings. The minimum absolute atomic E-state index is 0.205. The molecule has 6 heteroatoms. The normalized spacial score (nSPS) is 15.8. The zero-order valence-corrected chi connectivity index (χ0v) is 20.1. The molecule has 1 aliphatic heterocycles. The van der Waals surface area contributed by atoms with E-state index in [4.69, 9.17) is 23.2 Å². The fourth-order valence-corrected chi connectivity index (χ4v) is 5.37. The Morgan fingerprint density at radius 1 is 0.706 bits per heavy atom. The number of hydrogen-bond donors (Lipinski definition) is 0. The van der Waals surface area contributed by atoms with E-state index in [1.54, 1.807) is 0 Å². The van der Waals surface area contributed by atoms with Gasteiger partial charge >= 0.3 is 0 Å². The van der Waals surface area contributed by atoms with Crippen LogP contribution in [0.5, 0.6) is 0 Å². The molecule has 3 heterocycles. The number of hydrogen-bond acceptors (Lipinski definition) is 3. The molecule has 0 bridgehead atoms. The van der Waals surface area contributed by atoms with Gasteiger partial charge in [0.2, 0.25) is 0 Å². The Morgan fingerprint density at radius 2 is 1.41 bits per heavy atom. The van der Waals surface area contributed by atoms with Crippen molar-refractivity contribution in [3.63, 3.8) is 0 Å². The minimum atomic E-state index is 0.205. The van der Waals surface area contributed by atoms with Crippen LogP contribution in [0.15, 0.2) is 91.1 Å². The van der Waals surface area contributed by atoms with E-state index in [0.29, 0.717) is 5.02 Å². The van der Waals surface area contributed by atoms with Crippen LogP contribution in [0.3, 0.4) is 0 Å². The lowest BCUT2D eigenvalue weighted by Gasteiger charge is -2.40. The van der Waals surface area contributed by atoms with Gasteiger partial charge in [-0.25, -0.2) is 0 Å². The van der Waals surface area contributed by atoms with Gasteiger partial charge in [-0.3, -0.25) is 14.3 Å². The van der Waals surface area contributed by atoms with Crippen molar-refractivity contribution in [3.8, 4) is 0 Å². The lowest BCUT2D eigenvalue weighted by atomic mass is 9.96. The molecular formula is C28H24Cl2N4. The maximum Gasteiger partial charge on any atom is 0.113 e. The summed E-state index contributed by atoms with van der Waals surface area (Å²) in [5.74, 6) is 1.20. The standard InChI is InChI=1S/C28H24Cl2N4/c29-22-8-6-21(7-9-22)28(20-4-2-1-3-5-20)33-16-14-32(15-17-33)27-13-11-24-19-31-25-18-23(30)10-12-26(25)34(24)27/h1-13,18-19,28H,14-17H2. The third-order valence-corrected chi connectivity index (χ3v) is 7.20. The van der Waals surface area contributed by atoms with Crippen molar-refractivity contribution >= 4 is 45.6 Å². The van der Waals surface area contributed by atoms with Gasteiger partial charge in [-0.2, -0.15) is 0 Å². The van der Waals surface area contributed by atoms with Crippen molar-refractivity contribution in [1.29, 1.82) is 0 Å². The second-order valence-electron chi connectivity index (χ2n) is 8.73. The smallest absolute Gasteiger partial charge is 0.113 e. The number of benzene rings is 3. The Morgan fingerprint density at radius 3 is 2.18 bits per heavy atom. The van der Waals surface area contributed by atoms with E-state index < -0.39 is 0 Å². The van der Waals surface area contributed by atoms with E-state index in [9.17, 15) is 0 Å². The SMILES string of the molecule is Clc1ccc(C(c2ccccc2)N2CCN(c3ccc4cnc5cc(Cl)ccc5n34)CC2)cc1. The van der Waals surface area contributed by atoms with Gasteiger partial charge < -0.3 is 4.90 Å². The van der Waals surface area contributed by atoms with Gasteiger partial charge in [0, 0.05) is 36.2 Å². The predicted octanol–water partition coefficient (Wildman–Crippen LogP) is 6.71. The van der Waals surface area contributed by atoms with Crippen LogP contribution < -0.4 is 4.90 Å². The maximum absolute atomic E-state index is 6.22. The van der Waals surface area contributed by atoms with Gasteiger partial charge in [0.25, 0.3) is 0 Å². The Kier molecular flexibility index (Phi) is 5.66. The quantitative estimate of drug-likeness (QED) is 0.282. The Balaban J connectivity index is 1.30. The van der Waals surface area contributed by atoms with Crippen molar-refractivity contribution in [2.45, 2.75) is 6.04 Å². The Bertz CT molecular complexity index is 1440. The van der Waals surface area contributed by atoms with E-state index in [1.165, 1.54) is 16.9 Å². The highest BCUT2D eigenvalue weighted by Crippen LogP contribution is 2.32. The first-order chi connectivity index (χ1) is 16.7. The molecule has 170 valence electrons. The molecule has 0 radical (unpaired) electrons. The summed E-state index contributed by atoms with van der Waals surface area (Å²) < 4.78 is 2.29. The van der Waals surface area contributed by atoms with Crippen LogP contribution in [0.25, 0.3) is 16.6 Å². The summed E-state index contributed by atoms with van der Waals surface area (Å²) >= 11 is 12.4. The summed E-state index contributed by atoms with van der Waals surface area (Å²) in [6.45, 7) is 3.81. The Hall–Kier alpha value is -3.05. The van der Waals surface area contributed by atoms with Gasteiger partial charge in [0.15, 0.2) is 0 Å². The van der Waals surface area contributed by atoms with Gasteiger partial charge in [0.1, 0.15) is 5.82 Å². The molecule has 6 rings (SSSR count). The zero-order chi connectivity index (χ0) is 23.1. The number of anilines is 1. The van der Waals surface area contributed by atoms with Crippen molar-refractivity contribution < 1.29 is 0 Å². The number of piperazine rings is 1. The summed E-state index contributed by atoms with van der Waals surface area (Å²) in [6.07, 6.45) is 1.92. The van der Waals surface area contributed by atoms with Gasteiger partial charge in [-0.05, 0) is 53.6 Å². The van der Waals surface area contributed by atoms with Crippen LogP contribution in [-0.4, -0.2) is 40.5 Å². The van der Waals surface area contributed by atoms with Crippen LogP contribution in [0.1, 0.15) is 17.2 Å². The summed E-state index contributed by atoms with van der Waals surface area (Å²) in [5.41, 5.74) is 5.65. The van der Waals surface area contributed by atoms with E-state index in [2.05, 4.69) is 79.8 Å². The number of nitrogens with zero attached hydrogens (tertiary/aromatic N) is 4. The molecule has 0 aliphatic carbocycles. The van der Waals surface area contributed by atoms with Crippen LogP contribution in [-0.2, 0) is 0 Å². The highest BCUT2D eigenvalue weighted by molar-refractivity contribution is 6.31. The van der Waals surface area contributed by atoms with Crippen molar-refractivity contribution in [3.05, 3.63) is 112 Å². The second-order valence-corrected chi connectivity index (χ2v) is 9.60. The van der Waals surface area contributed by atoms with E-state index >= 15 is 0 Å². The van der Waals surface area contributed by atoms with Crippen LogP contribution in [0, 0.1) is 0 Å². The second kappa shape index (κ2) is 8.95. The van der Waals surface area contributed by atoms with E-state index in [-0.39, 0.29) is 6.04 Å². The molecule has 4 nitrogen and oxygen atoms in total. The number of fused-ring (bicyclic) bond motifs is 3. The van der Waals surface area contributed by atoms with E-state index in [0.717, 1.165) is 47.8 Å². The predicted molar refractivity (Wildman–Crippen MR) is 141 cm³/mol. The van der Waals surface area contributed by atoms with Crippen molar-refractivity contribution in [1.82, 2.24) is 14.3 Å². The minimum Gasteiger partial charge on any atom is -0.355 e. The van der Waals surface area contributed by atoms with E-state index in [1.807, 2.05) is 30.5 Å². The first kappa shape index (κ1) is 21.5. The summed E-state index contributed by atoms with van der Waals surface area (Å²) in [6, 6.07) is 29.5. The molecule has 1 atom stereocenters. The largest absolute Gasteiger partial charge is 0.355 e. The third-order valence-electron chi connectivity index (χ3n) is 6.71. The molecule has 0 N–H and O–H groups in total. The molecule has 1 unspecified atom stereocenters. The van der Waals surface area contributed by atoms with Gasteiger partial charge in [-0.15, -0.1) is 0 Å². The topological polar surface area (TPSA) is 23.8 Å². The average Bonchev–Trinajstić information content (AvgIpc) is 3.31. The van der Waals surface area contributed by atoms with Crippen LogP contribution in [0.4, 0.5) is 5.82 Å². The number of aromatic nitrogens is 2. The summed E-state index contributed by atoms with van der Waals surface area (Å²) in [7, 11) is 0.